The van der Waals surface area contributed by atoms with Gasteiger partial charge in [-0.3, -0.25) is 4.79 Å². The zero-order valence-electron chi connectivity index (χ0n) is 12.2. The van der Waals surface area contributed by atoms with Gasteiger partial charge in [-0.25, -0.2) is 0 Å². The van der Waals surface area contributed by atoms with E-state index in [0.717, 1.165) is 27.8 Å². The Balaban J connectivity index is 2.15. The molecular weight excluding hydrogens is 270 g/mol. The van der Waals surface area contributed by atoms with E-state index in [1.54, 1.807) is 0 Å². The number of nitrogens with two attached hydrogens (primary N) is 1. The van der Waals surface area contributed by atoms with Crippen molar-refractivity contribution in [3.63, 3.8) is 0 Å². The van der Waals surface area contributed by atoms with Gasteiger partial charge < -0.3 is 5.73 Å². The molecule has 0 heterocycles. The average molecular weight is 287 g/mol. The summed E-state index contributed by atoms with van der Waals surface area (Å²) < 4.78 is 0. The van der Waals surface area contributed by atoms with Gasteiger partial charge in [0.25, 0.3) is 0 Å². The second-order valence-corrected chi connectivity index (χ2v) is 5.26. The maximum absolute atomic E-state index is 11.2. The van der Waals surface area contributed by atoms with Crippen molar-refractivity contribution in [3.05, 3.63) is 84.4 Å². The Morgan fingerprint density at radius 3 is 1.82 bits per heavy atom. The number of primary amides is 1. The van der Waals surface area contributed by atoms with E-state index in [4.69, 9.17) is 5.73 Å². The van der Waals surface area contributed by atoms with Crippen LogP contribution in [0.3, 0.4) is 0 Å². The smallest absolute Gasteiger partial charge is 0.221 e. The molecule has 2 nitrogen and oxygen atoms in total. The molecule has 108 valence electrons. The summed E-state index contributed by atoms with van der Waals surface area (Å²) in [6.45, 7) is 0. The Hall–Kier alpha value is -2.87. The van der Waals surface area contributed by atoms with Gasteiger partial charge in [0.15, 0.2) is 0 Å². The van der Waals surface area contributed by atoms with E-state index in [2.05, 4.69) is 36.4 Å². The second-order valence-electron chi connectivity index (χ2n) is 5.26. The summed E-state index contributed by atoms with van der Waals surface area (Å²) in [5, 5.41) is 0. The van der Waals surface area contributed by atoms with Crippen LogP contribution in [0.15, 0.2) is 78.9 Å². The lowest BCUT2D eigenvalue weighted by Gasteiger charge is -2.12. The fraction of sp³-hybridized carbons (Fsp3) is 0.0500. The third kappa shape index (κ3) is 3.07. The minimum atomic E-state index is -0.313. The lowest BCUT2D eigenvalue weighted by molar-refractivity contribution is -0.117. The molecule has 0 aliphatic heterocycles. The highest BCUT2D eigenvalue weighted by Crippen LogP contribution is 2.32. The van der Waals surface area contributed by atoms with Crippen molar-refractivity contribution in [3.8, 4) is 22.3 Å². The number of rotatable bonds is 4. The molecule has 2 N–H and O–H groups in total. The van der Waals surface area contributed by atoms with Crippen LogP contribution < -0.4 is 5.73 Å². The van der Waals surface area contributed by atoms with Gasteiger partial charge in [-0.2, -0.15) is 0 Å². The number of carbonyl (C=O) groups excluding carboxylic acids is 1. The third-order valence-corrected chi connectivity index (χ3v) is 3.63. The lowest BCUT2D eigenvalue weighted by atomic mass is 9.92. The number of amides is 1. The monoisotopic (exact) mass is 287 g/mol. The molecule has 3 rings (SSSR count). The number of carbonyl (C=O) groups is 1. The Morgan fingerprint density at radius 2 is 1.27 bits per heavy atom. The molecule has 0 unspecified atom stereocenters. The van der Waals surface area contributed by atoms with Crippen molar-refractivity contribution in [1.82, 2.24) is 0 Å². The summed E-state index contributed by atoms with van der Waals surface area (Å²) in [5.74, 6) is -0.313. The quantitative estimate of drug-likeness (QED) is 0.773. The molecule has 0 saturated heterocycles. The van der Waals surface area contributed by atoms with Crippen LogP contribution >= 0.6 is 0 Å². The van der Waals surface area contributed by atoms with Crippen molar-refractivity contribution >= 4 is 5.91 Å². The molecule has 0 bridgehead atoms. The summed E-state index contributed by atoms with van der Waals surface area (Å²) >= 11 is 0. The molecule has 0 aliphatic carbocycles. The number of hydrogen-bond acceptors (Lipinski definition) is 1. The largest absolute Gasteiger partial charge is 0.369 e. The van der Waals surface area contributed by atoms with Crippen LogP contribution in [0.5, 0.6) is 0 Å². The normalized spacial score (nSPS) is 10.4. The fourth-order valence-electron chi connectivity index (χ4n) is 2.63. The maximum Gasteiger partial charge on any atom is 0.221 e. The molecule has 3 aromatic carbocycles. The summed E-state index contributed by atoms with van der Waals surface area (Å²) in [4.78, 5) is 11.2. The minimum Gasteiger partial charge on any atom is -0.369 e. The van der Waals surface area contributed by atoms with E-state index in [1.165, 1.54) is 0 Å². The summed E-state index contributed by atoms with van der Waals surface area (Å²) in [6, 6.07) is 26.5. The second kappa shape index (κ2) is 6.27. The van der Waals surface area contributed by atoms with Crippen LogP contribution in [0, 0.1) is 0 Å². The third-order valence-electron chi connectivity index (χ3n) is 3.63. The number of hydrogen-bond donors (Lipinski definition) is 1. The van der Waals surface area contributed by atoms with Crippen LogP contribution in [-0.2, 0) is 11.2 Å². The van der Waals surface area contributed by atoms with E-state index in [9.17, 15) is 4.79 Å². The van der Waals surface area contributed by atoms with E-state index in [-0.39, 0.29) is 12.3 Å². The van der Waals surface area contributed by atoms with Gasteiger partial charge in [0.1, 0.15) is 0 Å². The topological polar surface area (TPSA) is 43.1 Å². The molecule has 0 radical (unpaired) electrons. The van der Waals surface area contributed by atoms with Crippen LogP contribution in [0.25, 0.3) is 22.3 Å². The summed E-state index contributed by atoms with van der Waals surface area (Å²) in [6.07, 6.45) is 0.259. The van der Waals surface area contributed by atoms with E-state index in [1.807, 2.05) is 42.5 Å². The van der Waals surface area contributed by atoms with Gasteiger partial charge in [-0.05, 0) is 27.8 Å². The van der Waals surface area contributed by atoms with E-state index < -0.39 is 0 Å². The van der Waals surface area contributed by atoms with Gasteiger partial charge in [-0.15, -0.1) is 0 Å². The minimum absolute atomic E-state index is 0.259. The van der Waals surface area contributed by atoms with Crippen LogP contribution in [0.4, 0.5) is 0 Å². The maximum atomic E-state index is 11.2. The standard InChI is InChI=1S/C20H17NO/c21-20(22)14-15-11-12-18(16-7-3-1-4-8-16)19(13-15)17-9-5-2-6-10-17/h1-13H,14H2,(H2,21,22). The predicted octanol–water partition coefficient (Wildman–Crippen LogP) is 4.05. The van der Waals surface area contributed by atoms with Crippen LogP contribution in [0.2, 0.25) is 0 Å². The Morgan fingerprint density at radius 1 is 0.727 bits per heavy atom. The van der Waals surface area contributed by atoms with Gasteiger partial charge in [0.2, 0.25) is 5.91 Å². The van der Waals surface area contributed by atoms with Crippen LogP contribution in [-0.4, -0.2) is 5.91 Å². The predicted molar refractivity (Wildman–Crippen MR) is 90.2 cm³/mol. The van der Waals surface area contributed by atoms with Crippen molar-refractivity contribution in [2.75, 3.05) is 0 Å². The molecule has 2 heteroatoms. The fourth-order valence-corrected chi connectivity index (χ4v) is 2.63. The molecule has 0 aliphatic rings. The lowest BCUT2D eigenvalue weighted by Crippen LogP contribution is -2.13. The first-order chi connectivity index (χ1) is 10.7. The van der Waals surface area contributed by atoms with E-state index >= 15 is 0 Å². The summed E-state index contributed by atoms with van der Waals surface area (Å²) in [7, 11) is 0. The molecule has 3 aromatic rings. The first kappa shape index (κ1) is 14.1. The SMILES string of the molecule is NC(=O)Cc1ccc(-c2ccccc2)c(-c2ccccc2)c1. The zero-order valence-corrected chi connectivity index (χ0v) is 12.2. The summed E-state index contributed by atoms with van der Waals surface area (Å²) in [5.41, 5.74) is 10.8. The Kier molecular flexibility index (Phi) is 4.01. The molecule has 1 amide bonds. The van der Waals surface area contributed by atoms with Crippen LogP contribution in [0.1, 0.15) is 5.56 Å². The molecule has 0 saturated carbocycles. The first-order valence-corrected chi connectivity index (χ1v) is 7.26. The highest BCUT2D eigenvalue weighted by atomic mass is 16.1. The first-order valence-electron chi connectivity index (χ1n) is 7.26. The van der Waals surface area contributed by atoms with Crippen molar-refractivity contribution in [2.45, 2.75) is 6.42 Å². The molecule has 0 fully saturated rings. The zero-order chi connectivity index (χ0) is 15.4. The van der Waals surface area contributed by atoms with E-state index in [0.29, 0.717) is 0 Å². The highest BCUT2D eigenvalue weighted by molar-refractivity contribution is 5.85. The van der Waals surface area contributed by atoms with Gasteiger partial charge in [0.05, 0.1) is 6.42 Å². The van der Waals surface area contributed by atoms with Gasteiger partial charge >= 0.3 is 0 Å². The molecular formula is C20H17NO. The van der Waals surface area contributed by atoms with Crippen molar-refractivity contribution < 1.29 is 4.79 Å². The molecule has 22 heavy (non-hydrogen) atoms. The number of benzene rings is 3. The molecule has 0 atom stereocenters. The molecule has 0 aromatic heterocycles. The molecule has 0 spiro atoms. The van der Waals surface area contributed by atoms with Gasteiger partial charge in [0, 0.05) is 0 Å². The van der Waals surface area contributed by atoms with Crippen molar-refractivity contribution in [1.29, 1.82) is 0 Å². The van der Waals surface area contributed by atoms with Gasteiger partial charge in [-0.1, -0.05) is 78.9 Å². The van der Waals surface area contributed by atoms with Crippen molar-refractivity contribution in [2.24, 2.45) is 5.73 Å². The Bertz CT molecular complexity index is 779. The average Bonchev–Trinajstić information content (AvgIpc) is 2.56. The highest BCUT2D eigenvalue weighted by Gasteiger charge is 2.09. The Labute approximate surface area is 130 Å².